The number of nitriles is 1. The van der Waals surface area contributed by atoms with Gasteiger partial charge in [0.25, 0.3) is 5.56 Å². The molecule has 1 heterocycles. The van der Waals surface area contributed by atoms with E-state index in [4.69, 9.17) is 16.9 Å². The average molecular weight is 364 g/mol. The molecule has 0 fully saturated rings. The summed E-state index contributed by atoms with van der Waals surface area (Å²) >= 11 is 7.56. The summed E-state index contributed by atoms with van der Waals surface area (Å²) < 4.78 is 1.73. The second kappa shape index (κ2) is 7.58. The molecule has 1 aromatic carbocycles. The lowest BCUT2D eigenvalue weighted by molar-refractivity contribution is 0.470. The third-order valence-corrected chi connectivity index (χ3v) is 4.90. The molecule has 1 aromatic heterocycles. The third-order valence-electron chi connectivity index (χ3n) is 3.69. The molecule has 0 saturated carbocycles. The molecule has 0 bridgehead atoms. The molecule has 0 amide bonds. The predicted octanol–water partition coefficient (Wildman–Crippen LogP) is 4.74. The zero-order chi connectivity index (χ0) is 17.9. The van der Waals surface area contributed by atoms with Crippen molar-refractivity contribution in [2.24, 2.45) is 11.3 Å². The maximum atomic E-state index is 12.9. The van der Waals surface area contributed by atoms with E-state index in [1.807, 2.05) is 13.8 Å². The van der Waals surface area contributed by atoms with Crippen LogP contribution in [0.4, 0.5) is 0 Å². The molecule has 128 valence electrons. The average Bonchev–Trinajstić information content (AvgIpc) is 2.51. The van der Waals surface area contributed by atoms with Crippen LogP contribution in [0, 0.1) is 22.7 Å². The van der Waals surface area contributed by atoms with Crippen molar-refractivity contribution in [3.8, 4) is 6.07 Å². The van der Waals surface area contributed by atoms with Crippen LogP contribution in [0.1, 0.15) is 34.1 Å². The molecule has 0 spiro atoms. The van der Waals surface area contributed by atoms with Gasteiger partial charge in [0.05, 0.1) is 22.4 Å². The molecule has 0 atom stereocenters. The number of benzene rings is 1. The summed E-state index contributed by atoms with van der Waals surface area (Å²) in [4.78, 5) is 17.5. The first-order valence-electron chi connectivity index (χ1n) is 7.97. The molecule has 0 saturated heterocycles. The van der Waals surface area contributed by atoms with E-state index in [1.54, 1.807) is 22.8 Å². The summed E-state index contributed by atoms with van der Waals surface area (Å²) in [6.07, 6.45) is 0.740. The van der Waals surface area contributed by atoms with Crippen LogP contribution in [0.25, 0.3) is 10.9 Å². The van der Waals surface area contributed by atoms with Crippen molar-refractivity contribution in [3.63, 3.8) is 0 Å². The van der Waals surface area contributed by atoms with Gasteiger partial charge in [-0.15, -0.1) is 0 Å². The quantitative estimate of drug-likeness (QED) is 0.549. The Morgan fingerprint density at radius 3 is 2.75 bits per heavy atom. The maximum absolute atomic E-state index is 12.9. The van der Waals surface area contributed by atoms with Gasteiger partial charge in [0.1, 0.15) is 0 Å². The molecule has 0 unspecified atom stereocenters. The van der Waals surface area contributed by atoms with Crippen LogP contribution in [0.5, 0.6) is 0 Å². The molecule has 2 rings (SSSR count). The van der Waals surface area contributed by atoms with Gasteiger partial charge >= 0.3 is 0 Å². The van der Waals surface area contributed by atoms with E-state index in [0.29, 0.717) is 33.5 Å². The SMILES string of the molecule is CC(C)Cn1c(SCCC(C)(C)C#N)nc2ccc(Cl)cc2c1=O. The Hall–Kier alpha value is -1.51. The zero-order valence-electron chi connectivity index (χ0n) is 14.5. The maximum Gasteiger partial charge on any atom is 0.262 e. The lowest BCUT2D eigenvalue weighted by Crippen LogP contribution is -2.25. The van der Waals surface area contributed by atoms with Crippen molar-refractivity contribution in [2.45, 2.75) is 45.8 Å². The van der Waals surface area contributed by atoms with Gasteiger partial charge < -0.3 is 0 Å². The van der Waals surface area contributed by atoms with Crippen molar-refractivity contribution in [3.05, 3.63) is 33.6 Å². The van der Waals surface area contributed by atoms with Gasteiger partial charge in [0, 0.05) is 17.3 Å². The Balaban J connectivity index is 2.41. The van der Waals surface area contributed by atoms with Crippen molar-refractivity contribution in [1.82, 2.24) is 9.55 Å². The Kier molecular flexibility index (Phi) is 5.95. The van der Waals surface area contributed by atoms with Gasteiger partial charge in [-0.25, -0.2) is 4.98 Å². The van der Waals surface area contributed by atoms with Crippen LogP contribution in [0.3, 0.4) is 0 Å². The van der Waals surface area contributed by atoms with Gasteiger partial charge in [-0.3, -0.25) is 9.36 Å². The number of nitrogens with zero attached hydrogens (tertiary/aromatic N) is 3. The summed E-state index contributed by atoms with van der Waals surface area (Å²) in [6.45, 7) is 8.59. The largest absolute Gasteiger partial charge is 0.287 e. The number of hydrogen-bond acceptors (Lipinski definition) is 4. The summed E-state index contributed by atoms with van der Waals surface area (Å²) in [5.41, 5.74) is 0.227. The first kappa shape index (κ1) is 18.8. The third kappa shape index (κ3) is 4.52. The Morgan fingerprint density at radius 2 is 2.12 bits per heavy atom. The lowest BCUT2D eigenvalue weighted by atomic mass is 9.93. The molecule has 2 aromatic rings. The number of rotatable bonds is 6. The highest BCUT2D eigenvalue weighted by molar-refractivity contribution is 7.99. The summed E-state index contributed by atoms with van der Waals surface area (Å²) in [5, 5.41) is 10.9. The molecular formula is C18H22ClN3OS. The van der Waals surface area contributed by atoms with E-state index in [9.17, 15) is 4.79 Å². The van der Waals surface area contributed by atoms with Crippen LogP contribution in [0.2, 0.25) is 5.02 Å². The number of fused-ring (bicyclic) bond motifs is 1. The molecule has 0 aliphatic rings. The molecule has 0 aliphatic heterocycles. The van der Waals surface area contributed by atoms with E-state index < -0.39 is 0 Å². The molecule has 0 N–H and O–H groups in total. The minimum Gasteiger partial charge on any atom is -0.287 e. The van der Waals surface area contributed by atoms with Crippen molar-refractivity contribution in [1.29, 1.82) is 5.26 Å². The number of thioether (sulfide) groups is 1. The monoisotopic (exact) mass is 363 g/mol. The van der Waals surface area contributed by atoms with Crippen molar-refractivity contribution in [2.75, 3.05) is 5.75 Å². The first-order valence-corrected chi connectivity index (χ1v) is 9.34. The Labute approximate surface area is 151 Å². The second-order valence-corrected chi connectivity index (χ2v) is 8.46. The van der Waals surface area contributed by atoms with Gasteiger partial charge in [-0.2, -0.15) is 5.26 Å². The van der Waals surface area contributed by atoms with E-state index in [2.05, 4.69) is 24.9 Å². The van der Waals surface area contributed by atoms with E-state index >= 15 is 0 Å². The molecule has 6 heteroatoms. The molecule has 24 heavy (non-hydrogen) atoms. The van der Waals surface area contributed by atoms with Crippen LogP contribution < -0.4 is 5.56 Å². The fraction of sp³-hybridized carbons (Fsp3) is 0.500. The lowest BCUT2D eigenvalue weighted by Gasteiger charge is -2.17. The van der Waals surface area contributed by atoms with Crippen LogP contribution in [-0.2, 0) is 6.54 Å². The van der Waals surface area contributed by atoms with E-state index in [-0.39, 0.29) is 11.0 Å². The summed E-state index contributed by atoms with van der Waals surface area (Å²) in [6, 6.07) is 7.51. The normalized spacial score (nSPS) is 11.9. The van der Waals surface area contributed by atoms with Crippen LogP contribution in [-0.4, -0.2) is 15.3 Å². The number of halogens is 1. The molecule has 4 nitrogen and oxygen atoms in total. The van der Waals surface area contributed by atoms with Crippen molar-refractivity contribution < 1.29 is 0 Å². The van der Waals surface area contributed by atoms with Crippen LogP contribution in [0.15, 0.2) is 28.2 Å². The highest BCUT2D eigenvalue weighted by atomic mass is 35.5. The molecule has 0 radical (unpaired) electrons. The Bertz CT molecular complexity index is 836. The smallest absolute Gasteiger partial charge is 0.262 e. The number of aromatic nitrogens is 2. The fourth-order valence-electron chi connectivity index (χ4n) is 2.26. The molecular weight excluding hydrogens is 342 g/mol. The minimum atomic E-state index is -0.374. The fourth-order valence-corrected chi connectivity index (χ4v) is 3.71. The van der Waals surface area contributed by atoms with E-state index in [0.717, 1.165) is 12.2 Å². The summed E-state index contributed by atoms with van der Waals surface area (Å²) in [7, 11) is 0. The predicted molar refractivity (Wildman–Crippen MR) is 101 cm³/mol. The van der Waals surface area contributed by atoms with Crippen molar-refractivity contribution >= 4 is 34.3 Å². The first-order chi connectivity index (χ1) is 11.2. The second-order valence-electron chi connectivity index (χ2n) is 6.96. The zero-order valence-corrected chi connectivity index (χ0v) is 16.0. The van der Waals surface area contributed by atoms with E-state index in [1.165, 1.54) is 11.8 Å². The standard InChI is InChI=1S/C18H22ClN3OS/c1-12(2)10-22-16(23)14-9-13(19)5-6-15(14)21-17(22)24-8-7-18(3,4)11-20/h5-6,9,12H,7-8,10H2,1-4H3. The van der Waals surface area contributed by atoms with Gasteiger partial charge in [-0.05, 0) is 44.4 Å². The summed E-state index contributed by atoms with van der Waals surface area (Å²) in [5.74, 6) is 1.07. The van der Waals surface area contributed by atoms with Gasteiger partial charge in [0.15, 0.2) is 5.16 Å². The van der Waals surface area contributed by atoms with Gasteiger partial charge in [0.2, 0.25) is 0 Å². The highest BCUT2D eigenvalue weighted by Gasteiger charge is 2.18. The minimum absolute atomic E-state index is 0.0572. The topological polar surface area (TPSA) is 58.7 Å². The highest BCUT2D eigenvalue weighted by Crippen LogP contribution is 2.26. The van der Waals surface area contributed by atoms with Crippen LogP contribution >= 0.6 is 23.4 Å². The molecule has 0 aliphatic carbocycles. The number of hydrogen-bond donors (Lipinski definition) is 0. The Morgan fingerprint density at radius 1 is 1.42 bits per heavy atom. The van der Waals surface area contributed by atoms with Gasteiger partial charge in [-0.1, -0.05) is 37.2 Å².